The molecule has 0 saturated heterocycles. The molecule has 0 aliphatic heterocycles. The fourth-order valence-electron chi connectivity index (χ4n) is 2.46. The average molecular weight is 448 g/mol. The Balaban J connectivity index is 1.90. The minimum atomic E-state index is -0.610. The fraction of sp³-hybridized carbons (Fsp3) is 0.238. The van der Waals surface area contributed by atoms with Crippen molar-refractivity contribution in [1.29, 1.82) is 0 Å². The summed E-state index contributed by atoms with van der Waals surface area (Å²) in [4.78, 5) is 25.6. The van der Waals surface area contributed by atoms with Crippen LogP contribution in [-0.2, 0) is 20.9 Å². The SMILES string of the molecule is COc1ccc(Br)cc1/C=C/C(=O)OCC(=O)N(C)Cc1ccccc1OC. The lowest BCUT2D eigenvalue weighted by molar-refractivity contribution is -0.147. The first kappa shape index (κ1) is 21.5. The van der Waals surface area contributed by atoms with E-state index in [2.05, 4.69) is 15.9 Å². The lowest BCUT2D eigenvalue weighted by Gasteiger charge is -2.18. The maximum Gasteiger partial charge on any atom is 0.331 e. The van der Waals surface area contributed by atoms with Crippen molar-refractivity contribution in [3.63, 3.8) is 0 Å². The normalized spacial score (nSPS) is 10.6. The molecule has 0 radical (unpaired) electrons. The van der Waals surface area contributed by atoms with Crippen molar-refractivity contribution < 1.29 is 23.8 Å². The molecule has 2 aromatic carbocycles. The van der Waals surface area contributed by atoms with Crippen LogP contribution in [0, 0.1) is 0 Å². The van der Waals surface area contributed by atoms with Gasteiger partial charge in [0.25, 0.3) is 5.91 Å². The Labute approximate surface area is 172 Å². The molecule has 2 aromatic rings. The summed E-state index contributed by atoms with van der Waals surface area (Å²) in [6, 6.07) is 12.9. The Morgan fingerprint density at radius 3 is 2.50 bits per heavy atom. The van der Waals surface area contributed by atoms with Crippen LogP contribution in [0.25, 0.3) is 6.08 Å². The molecule has 2 rings (SSSR count). The number of methoxy groups -OCH3 is 2. The van der Waals surface area contributed by atoms with Crippen LogP contribution >= 0.6 is 15.9 Å². The van der Waals surface area contributed by atoms with Crippen LogP contribution < -0.4 is 9.47 Å². The maximum atomic E-state index is 12.2. The smallest absolute Gasteiger partial charge is 0.331 e. The van der Waals surface area contributed by atoms with Crippen molar-refractivity contribution in [2.75, 3.05) is 27.9 Å². The number of hydrogen-bond donors (Lipinski definition) is 0. The highest BCUT2D eigenvalue weighted by Crippen LogP contribution is 2.24. The molecule has 0 unspecified atom stereocenters. The number of para-hydroxylation sites is 1. The molecule has 0 aromatic heterocycles. The molecule has 0 bridgehead atoms. The molecular weight excluding hydrogens is 426 g/mol. The van der Waals surface area contributed by atoms with Gasteiger partial charge in [0, 0.05) is 35.3 Å². The number of carbonyl (C=O) groups is 2. The van der Waals surface area contributed by atoms with Gasteiger partial charge in [0.15, 0.2) is 6.61 Å². The van der Waals surface area contributed by atoms with Gasteiger partial charge in [-0.25, -0.2) is 4.79 Å². The first-order valence-electron chi connectivity index (χ1n) is 8.48. The number of carbonyl (C=O) groups excluding carboxylic acids is 2. The second-order valence-electron chi connectivity index (χ2n) is 5.89. The molecule has 0 aliphatic rings. The lowest BCUT2D eigenvalue weighted by Crippen LogP contribution is -2.30. The van der Waals surface area contributed by atoms with E-state index in [4.69, 9.17) is 14.2 Å². The van der Waals surface area contributed by atoms with E-state index in [1.807, 2.05) is 36.4 Å². The van der Waals surface area contributed by atoms with Gasteiger partial charge in [-0.15, -0.1) is 0 Å². The highest BCUT2D eigenvalue weighted by Gasteiger charge is 2.13. The van der Waals surface area contributed by atoms with E-state index in [0.717, 1.165) is 10.0 Å². The van der Waals surface area contributed by atoms with Gasteiger partial charge in [-0.3, -0.25) is 4.79 Å². The molecular formula is C21H22BrNO5. The Bertz CT molecular complexity index is 866. The number of rotatable bonds is 8. The van der Waals surface area contributed by atoms with E-state index in [-0.39, 0.29) is 12.5 Å². The largest absolute Gasteiger partial charge is 0.496 e. The number of benzene rings is 2. The zero-order valence-electron chi connectivity index (χ0n) is 16.0. The van der Waals surface area contributed by atoms with E-state index >= 15 is 0 Å². The zero-order chi connectivity index (χ0) is 20.5. The number of nitrogens with zero attached hydrogens (tertiary/aromatic N) is 1. The van der Waals surface area contributed by atoms with E-state index in [0.29, 0.717) is 23.6 Å². The molecule has 0 atom stereocenters. The third-order valence-electron chi connectivity index (χ3n) is 3.95. The quantitative estimate of drug-likeness (QED) is 0.456. The predicted molar refractivity (Wildman–Crippen MR) is 110 cm³/mol. The molecule has 0 aliphatic carbocycles. The number of esters is 1. The van der Waals surface area contributed by atoms with Crippen LogP contribution in [0.3, 0.4) is 0 Å². The molecule has 0 spiro atoms. The van der Waals surface area contributed by atoms with Crippen LogP contribution in [0.5, 0.6) is 11.5 Å². The number of likely N-dealkylation sites (N-methyl/N-ethyl adjacent to an activating group) is 1. The molecule has 148 valence electrons. The Kier molecular flexibility index (Phi) is 8.07. The minimum absolute atomic E-state index is 0.312. The molecule has 1 amide bonds. The van der Waals surface area contributed by atoms with Crippen molar-refractivity contribution >= 4 is 33.9 Å². The topological polar surface area (TPSA) is 65.1 Å². The molecule has 0 saturated carbocycles. The summed E-state index contributed by atoms with van der Waals surface area (Å²) in [6.45, 7) is 0.00984. The first-order chi connectivity index (χ1) is 13.4. The summed E-state index contributed by atoms with van der Waals surface area (Å²) in [5.41, 5.74) is 1.59. The molecule has 7 heteroatoms. The summed E-state index contributed by atoms with van der Waals surface area (Å²) in [5.74, 6) is 0.402. The van der Waals surface area contributed by atoms with Crippen molar-refractivity contribution in [2.24, 2.45) is 0 Å². The van der Waals surface area contributed by atoms with Crippen LogP contribution in [0.4, 0.5) is 0 Å². The van der Waals surface area contributed by atoms with Crippen molar-refractivity contribution in [3.05, 3.63) is 64.1 Å². The van der Waals surface area contributed by atoms with Gasteiger partial charge in [0.1, 0.15) is 11.5 Å². The predicted octanol–water partition coefficient (Wildman–Crippen LogP) is 3.68. The van der Waals surface area contributed by atoms with Gasteiger partial charge < -0.3 is 19.1 Å². The lowest BCUT2D eigenvalue weighted by atomic mass is 10.2. The van der Waals surface area contributed by atoms with Gasteiger partial charge in [0.2, 0.25) is 0 Å². The van der Waals surface area contributed by atoms with Crippen molar-refractivity contribution in [2.45, 2.75) is 6.54 Å². The van der Waals surface area contributed by atoms with Gasteiger partial charge in [-0.05, 0) is 30.3 Å². The number of ether oxygens (including phenoxy) is 3. The van der Waals surface area contributed by atoms with Crippen LogP contribution in [-0.4, -0.2) is 44.7 Å². The number of hydrogen-bond acceptors (Lipinski definition) is 5. The van der Waals surface area contributed by atoms with Gasteiger partial charge in [-0.2, -0.15) is 0 Å². The number of halogens is 1. The second-order valence-corrected chi connectivity index (χ2v) is 6.80. The highest BCUT2D eigenvalue weighted by atomic mass is 79.9. The number of amides is 1. The highest BCUT2D eigenvalue weighted by molar-refractivity contribution is 9.10. The van der Waals surface area contributed by atoms with Crippen LogP contribution in [0.15, 0.2) is 53.0 Å². The van der Waals surface area contributed by atoms with Crippen LogP contribution in [0.2, 0.25) is 0 Å². The minimum Gasteiger partial charge on any atom is -0.496 e. The van der Waals surface area contributed by atoms with E-state index < -0.39 is 5.97 Å². The Hall–Kier alpha value is -2.80. The summed E-state index contributed by atoms with van der Waals surface area (Å²) in [6.07, 6.45) is 2.84. The van der Waals surface area contributed by atoms with Gasteiger partial charge in [-0.1, -0.05) is 34.1 Å². The maximum absolute atomic E-state index is 12.2. The fourth-order valence-corrected chi connectivity index (χ4v) is 2.84. The summed E-state index contributed by atoms with van der Waals surface area (Å²) >= 11 is 3.37. The van der Waals surface area contributed by atoms with Gasteiger partial charge in [0.05, 0.1) is 14.2 Å². The monoisotopic (exact) mass is 447 g/mol. The van der Waals surface area contributed by atoms with E-state index in [1.54, 1.807) is 33.4 Å². The summed E-state index contributed by atoms with van der Waals surface area (Å²) in [7, 11) is 4.77. The Morgan fingerprint density at radius 1 is 1.07 bits per heavy atom. The Morgan fingerprint density at radius 2 is 1.79 bits per heavy atom. The zero-order valence-corrected chi connectivity index (χ0v) is 17.6. The summed E-state index contributed by atoms with van der Waals surface area (Å²) in [5, 5.41) is 0. The van der Waals surface area contributed by atoms with E-state index in [1.165, 1.54) is 11.0 Å². The molecule has 0 N–H and O–H groups in total. The van der Waals surface area contributed by atoms with Crippen molar-refractivity contribution in [3.8, 4) is 11.5 Å². The third-order valence-corrected chi connectivity index (χ3v) is 4.45. The molecule has 0 fully saturated rings. The molecule has 0 heterocycles. The average Bonchev–Trinajstić information content (AvgIpc) is 2.70. The molecule has 28 heavy (non-hydrogen) atoms. The second kappa shape index (κ2) is 10.5. The molecule has 6 nitrogen and oxygen atoms in total. The third kappa shape index (κ3) is 6.13. The van der Waals surface area contributed by atoms with Crippen LogP contribution in [0.1, 0.15) is 11.1 Å². The van der Waals surface area contributed by atoms with Gasteiger partial charge >= 0.3 is 5.97 Å². The standard InChI is InChI=1S/C21H22BrNO5/c1-23(13-16-6-4-5-7-18(16)26-2)20(24)14-28-21(25)11-8-15-12-17(22)9-10-19(15)27-3/h4-12H,13-14H2,1-3H3/b11-8+. The van der Waals surface area contributed by atoms with Crippen molar-refractivity contribution in [1.82, 2.24) is 4.90 Å². The first-order valence-corrected chi connectivity index (χ1v) is 9.28. The summed E-state index contributed by atoms with van der Waals surface area (Å²) < 4.78 is 16.4. The van der Waals surface area contributed by atoms with E-state index in [9.17, 15) is 9.59 Å².